The molecule has 8 nitrogen and oxygen atoms in total. The van der Waals surface area contributed by atoms with Crippen molar-refractivity contribution in [2.75, 3.05) is 6.54 Å². The highest BCUT2D eigenvalue weighted by atomic mass is 32.1. The molecule has 1 aromatic carbocycles. The summed E-state index contributed by atoms with van der Waals surface area (Å²) in [6, 6.07) is 10.2. The summed E-state index contributed by atoms with van der Waals surface area (Å²) in [6.45, 7) is 15.0. The minimum atomic E-state index is -1.03. The smallest absolute Gasteiger partial charge is 0.310 e. The molecule has 2 atom stereocenters. The number of fused-ring (bicyclic) bond motifs is 2. The van der Waals surface area contributed by atoms with Crippen molar-refractivity contribution in [1.29, 1.82) is 0 Å². The number of nitrogens with zero attached hydrogens (tertiary/aromatic N) is 5. The SMILES string of the molecule is CC[C@@H]1CN(Cc2cc(C(c3ccc4c(nnn4CC)c3C)C(C)(C)C(=O)O)sc2C)Cc2ncccc2O1. The number of carbonyl (C=O) groups is 1. The van der Waals surface area contributed by atoms with E-state index in [-0.39, 0.29) is 12.0 Å². The first-order valence-corrected chi connectivity index (χ1v) is 14.4. The Balaban J connectivity index is 1.53. The first-order valence-electron chi connectivity index (χ1n) is 13.6. The van der Waals surface area contributed by atoms with Gasteiger partial charge in [0.25, 0.3) is 0 Å². The molecule has 0 fully saturated rings. The third kappa shape index (κ3) is 5.05. The normalized spacial score (nSPS) is 17.0. The van der Waals surface area contributed by atoms with Gasteiger partial charge in [-0.25, -0.2) is 4.68 Å². The van der Waals surface area contributed by atoms with Gasteiger partial charge in [-0.3, -0.25) is 14.7 Å². The minimum Gasteiger partial charge on any atom is -0.487 e. The zero-order valence-electron chi connectivity index (χ0n) is 23.6. The number of thiophene rings is 1. The largest absolute Gasteiger partial charge is 0.487 e. The van der Waals surface area contributed by atoms with Crippen molar-refractivity contribution in [2.24, 2.45) is 5.41 Å². The predicted molar refractivity (Wildman–Crippen MR) is 153 cm³/mol. The van der Waals surface area contributed by atoms with Gasteiger partial charge in [0.05, 0.1) is 16.6 Å². The quantitative estimate of drug-likeness (QED) is 0.292. The first-order chi connectivity index (χ1) is 18.6. The second kappa shape index (κ2) is 10.7. The number of carboxylic acids is 1. The van der Waals surface area contributed by atoms with Gasteiger partial charge in [-0.15, -0.1) is 16.4 Å². The fourth-order valence-electron chi connectivity index (χ4n) is 5.60. The van der Waals surface area contributed by atoms with Crippen LogP contribution in [0.2, 0.25) is 0 Å². The van der Waals surface area contributed by atoms with Gasteiger partial charge in [0, 0.05) is 48.0 Å². The number of carboxylic acid groups (broad SMARTS) is 1. The van der Waals surface area contributed by atoms with Crippen molar-refractivity contribution in [3.05, 3.63) is 68.7 Å². The predicted octanol–water partition coefficient (Wildman–Crippen LogP) is 5.94. The molecule has 0 radical (unpaired) electrons. The van der Waals surface area contributed by atoms with Crippen LogP contribution in [0.15, 0.2) is 36.5 Å². The minimum absolute atomic E-state index is 0.0958. The Morgan fingerprint density at radius 3 is 2.77 bits per heavy atom. The molecule has 1 aliphatic rings. The summed E-state index contributed by atoms with van der Waals surface area (Å²) in [4.78, 5) is 21.8. The molecule has 3 aromatic heterocycles. The summed E-state index contributed by atoms with van der Waals surface area (Å²) in [6.07, 6.45) is 2.83. The lowest BCUT2D eigenvalue weighted by molar-refractivity contribution is -0.147. The van der Waals surface area contributed by atoms with Crippen molar-refractivity contribution in [2.45, 2.75) is 79.6 Å². The van der Waals surface area contributed by atoms with Crippen LogP contribution in [0.4, 0.5) is 0 Å². The highest BCUT2D eigenvalue weighted by Gasteiger charge is 2.41. The number of aromatic nitrogens is 4. The maximum absolute atomic E-state index is 12.6. The molecule has 5 rings (SSSR count). The molecule has 1 aliphatic heterocycles. The van der Waals surface area contributed by atoms with Gasteiger partial charge in [0.1, 0.15) is 17.4 Å². The Morgan fingerprint density at radius 2 is 2.05 bits per heavy atom. The average molecular weight is 548 g/mol. The summed E-state index contributed by atoms with van der Waals surface area (Å²) < 4.78 is 8.13. The molecule has 4 heterocycles. The van der Waals surface area contributed by atoms with E-state index >= 15 is 0 Å². The zero-order valence-corrected chi connectivity index (χ0v) is 24.4. The lowest BCUT2D eigenvalue weighted by Gasteiger charge is -2.31. The molecule has 0 saturated heterocycles. The van der Waals surface area contributed by atoms with Gasteiger partial charge in [-0.05, 0) is 82.0 Å². The van der Waals surface area contributed by atoms with E-state index in [9.17, 15) is 9.90 Å². The van der Waals surface area contributed by atoms with Gasteiger partial charge >= 0.3 is 5.97 Å². The van der Waals surface area contributed by atoms with E-state index in [1.54, 1.807) is 11.3 Å². The van der Waals surface area contributed by atoms with Gasteiger partial charge in [0.2, 0.25) is 0 Å². The van der Waals surface area contributed by atoms with Crippen LogP contribution in [-0.2, 0) is 24.4 Å². The Kier molecular flexibility index (Phi) is 7.48. The fourth-order valence-corrected chi connectivity index (χ4v) is 6.95. The lowest BCUT2D eigenvalue weighted by Crippen LogP contribution is -2.32. The Bertz CT molecular complexity index is 1510. The van der Waals surface area contributed by atoms with Crippen molar-refractivity contribution >= 4 is 28.3 Å². The zero-order chi connectivity index (χ0) is 27.9. The second-order valence-corrected chi connectivity index (χ2v) is 12.3. The van der Waals surface area contributed by atoms with Gasteiger partial charge < -0.3 is 9.84 Å². The summed E-state index contributed by atoms with van der Waals surface area (Å²) in [7, 11) is 0. The lowest BCUT2D eigenvalue weighted by atomic mass is 9.72. The molecular formula is C30H37N5O3S. The van der Waals surface area contributed by atoms with Crippen LogP contribution >= 0.6 is 11.3 Å². The number of hydrogen-bond donors (Lipinski definition) is 1. The molecule has 1 unspecified atom stereocenters. The van der Waals surface area contributed by atoms with E-state index in [0.717, 1.165) is 64.5 Å². The molecular weight excluding hydrogens is 510 g/mol. The third-order valence-electron chi connectivity index (χ3n) is 8.02. The third-order valence-corrected chi connectivity index (χ3v) is 9.17. The number of hydrogen-bond acceptors (Lipinski definition) is 7. The summed E-state index contributed by atoms with van der Waals surface area (Å²) >= 11 is 1.69. The van der Waals surface area contributed by atoms with Crippen LogP contribution in [0, 0.1) is 19.3 Å². The maximum atomic E-state index is 12.6. The van der Waals surface area contributed by atoms with E-state index in [4.69, 9.17) is 4.74 Å². The summed E-state index contributed by atoms with van der Waals surface area (Å²) in [5.74, 6) is -0.291. The van der Waals surface area contributed by atoms with Crippen LogP contribution in [0.1, 0.15) is 72.2 Å². The number of rotatable bonds is 8. The highest BCUT2D eigenvalue weighted by Crippen LogP contribution is 2.46. The van der Waals surface area contributed by atoms with Crippen LogP contribution in [0.3, 0.4) is 0 Å². The molecule has 0 aliphatic carbocycles. The van der Waals surface area contributed by atoms with E-state index < -0.39 is 11.4 Å². The molecule has 0 saturated carbocycles. The molecule has 39 heavy (non-hydrogen) atoms. The number of benzene rings is 1. The summed E-state index contributed by atoms with van der Waals surface area (Å²) in [5.41, 5.74) is 4.91. The Labute approximate surface area is 233 Å². The van der Waals surface area contributed by atoms with Crippen LogP contribution in [-0.4, -0.2) is 48.6 Å². The monoisotopic (exact) mass is 547 g/mol. The van der Waals surface area contributed by atoms with Crippen LogP contribution < -0.4 is 4.74 Å². The number of pyridine rings is 1. The standard InChI is InChI=1S/C30H37N5O3S/c1-7-21-16-34(17-23-25(38-21)10-9-13-31-23)15-20-14-26(39-19(20)4)27(30(5,6)29(36)37)22-11-12-24-28(18(22)3)32-33-35(24)8-2/h9-14,21,27H,7-8,15-17H2,1-6H3,(H,36,37)/t21-,27?/m1/s1. The summed E-state index contributed by atoms with van der Waals surface area (Å²) in [5, 5.41) is 19.1. The molecule has 0 amide bonds. The molecule has 9 heteroatoms. The van der Waals surface area contributed by atoms with E-state index in [1.165, 1.54) is 10.4 Å². The molecule has 4 aromatic rings. The van der Waals surface area contributed by atoms with Crippen LogP contribution in [0.5, 0.6) is 5.75 Å². The van der Waals surface area contributed by atoms with Crippen molar-refractivity contribution in [1.82, 2.24) is 24.9 Å². The van der Waals surface area contributed by atoms with Crippen molar-refractivity contribution in [3.63, 3.8) is 0 Å². The van der Waals surface area contributed by atoms with Gasteiger partial charge in [-0.1, -0.05) is 18.2 Å². The number of aryl methyl sites for hydroxylation is 3. The fraction of sp³-hybridized carbons (Fsp3) is 0.467. The first kappa shape index (κ1) is 27.3. The topological polar surface area (TPSA) is 93.4 Å². The van der Waals surface area contributed by atoms with Crippen LogP contribution in [0.25, 0.3) is 11.0 Å². The van der Waals surface area contributed by atoms with Crippen molar-refractivity contribution in [3.8, 4) is 5.75 Å². The molecule has 0 bridgehead atoms. The maximum Gasteiger partial charge on any atom is 0.310 e. The molecule has 1 N–H and O–H groups in total. The Hall–Kier alpha value is -3.30. The van der Waals surface area contributed by atoms with E-state index in [2.05, 4.69) is 46.2 Å². The average Bonchev–Trinajstić information content (AvgIpc) is 3.43. The Morgan fingerprint density at radius 1 is 1.26 bits per heavy atom. The number of ether oxygens (including phenoxy) is 1. The molecule has 206 valence electrons. The van der Waals surface area contributed by atoms with Gasteiger partial charge in [-0.2, -0.15) is 0 Å². The molecule has 0 spiro atoms. The van der Waals surface area contributed by atoms with Crippen molar-refractivity contribution < 1.29 is 14.6 Å². The second-order valence-electron chi connectivity index (χ2n) is 11.0. The van der Waals surface area contributed by atoms with Gasteiger partial charge in [0.15, 0.2) is 0 Å². The highest BCUT2D eigenvalue weighted by molar-refractivity contribution is 7.12. The van der Waals surface area contributed by atoms with E-state index in [0.29, 0.717) is 6.54 Å². The number of aliphatic carboxylic acids is 1. The van der Waals surface area contributed by atoms with E-state index in [1.807, 2.05) is 56.8 Å².